The zero-order valence-corrected chi connectivity index (χ0v) is 10.4. The fourth-order valence-corrected chi connectivity index (χ4v) is 2.42. The van der Waals surface area contributed by atoms with Crippen LogP contribution in [-0.4, -0.2) is 11.2 Å². The van der Waals surface area contributed by atoms with E-state index in [-0.39, 0.29) is 16.9 Å². The van der Waals surface area contributed by atoms with Crippen LogP contribution in [0.25, 0.3) is 0 Å². The van der Waals surface area contributed by atoms with Gasteiger partial charge in [0, 0.05) is 0 Å². The lowest BCUT2D eigenvalue weighted by Gasteiger charge is -2.08. The number of benzene rings is 1. The zero-order valence-electron chi connectivity index (χ0n) is 9.63. The van der Waals surface area contributed by atoms with E-state index >= 15 is 0 Å². The van der Waals surface area contributed by atoms with Crippen molar-refractivity contribution < 1.29 is 9.50 Å². The summed E-state index contributed by atoms with van der Waals surface area (Å²) in [5.74, 6) is -0.339. The van der Waals surface area contributed by atoms with Crippen molar-refractivity contribution in [1.29, 1.82) is 0 Å². The third-order valence-electron chi connectivity index (χ3n) is 3.12. The van der Waals surface area contributed by atoms with E-state index in [9.17, 15) is 9.50 Å². The average molecular weight is 255 g/mol. The first-order valence-corrected chi connectivity index (χ1v) is 6.35. The van der Waals surface area contributed by atoms with Crippen molar-refractivity contribution in [2.45, 2.75) is 38.2 Å². The van der Waals surface area contributed by atoms with Gasteiger partial charge in [0.05, 0.1) is 11.1 Å². The predicted molar refractivity (Wildman–Crippen MR) is 67.7 cm³/mol. The van der Waals surface area contributed by atoms with Crippen molar-refractivity contribution in [3.8, 4) is 0 Å². The van der Waals surface area contributed by atoms with Crippen LogP contribution in [0.1, 0.15) is 31.2 Å². The van der Waals surface area contributed by atoms with Gasteiger partial charge in [0.15, 0.2) is 0 Å². The smallest absolute Gasteiger partial charge is 0.145 e. The van der Waals surface area contributed by atoms with Gasteiger partial charge in [-0.1, -0.05) is 41.8 Å². The van der Waals surface area contributed by atoms with E-state index in [1.54, 1.807) is 18.2 Å². The Morgan fingerprint density at radius 3 is 3.00 bits per heavy atom. The molecule has 0 aromatic heterocycles. The number of hydrogen-bond acceptors (Lipinski definition) is 1. The molecule has 1 aliphatic rings. The first-order valence-electron chi connectivity index (χ1n) is 5.97. The molecule has 0 saturated carbocycles. The largest absolute Gasteiger partial charge is 0.389 e. The normalized spacial score (nSPS) is 20.9. The molecule has 0 saturated heterocycles. The summed E-state index contributed by atoms with van der Waals surface area (Å²) in [6, 6.07) is 5.06. The summed E-state index contributed by atoms with van der Waals surface area (Å²) in [4.78, 5) is 0. The minimum Gasteiger partial charge on any atom is -0.389 e. The molecular weight excluding hydrogens is 239 g/mol. The molecule has 0 radical (unpaired) electrons. The van der Waals surface area contributed by atoms with Crippen molar-refractivity contribution in [1.82, 2.24) is 0 Å². The van der Waals surface area contributed by atoms with Crippen LogP contribution in [0.2, 0.25) is 5.02 Å². The van der Waals surface area contributed by atoms with Crippen molar-refractivity contribution >= 4 is 11.6 Å². The molecule has 1 unspecified atom stereocenters. The molecule has 0 amide bonds. The van der Waals surface area contributed by atoms with Gasteiger partial charge in [-0.25, -0.2) is 4.39 Å². The van der Waals surface area contributed by atoms with Gasteiger partial charge in [-0.15, -0.1) is 0 Å². The highest BCUT2D eigenvalue weighted by Crippen LogP contribution is 2.24. The van der Waals surface area contributed by atoms with E-state index < -0.39 is 0 Å². The number of rotatable bonds is 2. The monoisotopic (exact) mass is 254 g/mol. The molecule has 0 heterocycles. The fourth-order valence-electron chi connectivity index (χ4n) is 2.22. The second-order valence-corrected chi connectivity index (χ2v) is 4.93. The Bertz CT molecular complexity index is 428. The SMILES string of the molecule is OC1C=C(Cc2cccc(Cl)c2F)CCCC1. The van der Waals surface area contributed by atoms with Crippen molar-refractivity contribution in [2.75, 3.05) is 0 Å². The first kappa shape index (κ1) is 12.6. The minimum absolute atomic E-state index is 0.164. The van der Waals surface area contributed by atoms with Gasteiger partial charge in [-0.05, 0) is 37.3 Å². The number of allylic oxidation sites excluding steroid dienone is 1. The van der Waals surface area contributed by atoms with E-state index in [1.807, 2.05) is 6.08 Å². The number of hydrogen-bond donors (Lipinski definition) is 1. The lowest BCUT2D eigenvalue weighted by Crippen LogP contribution is -2.02. The quantitative estimate of drug-likeness (QED) is 0.794. The van der Waals surface area contributed by atoms with E-state index in [0.29, 0.717) is 12.0 Å². The Morgan fingerprint density at radius 2 is 2.18 bits per heavy atom. The zero-order chi connectivity index (χ0) is 12.3. The molecule has 1 N–H and O–H groups in total. The van der Waals surface area contributed by atoms with Gasteiger partial charge in [-0.3, -0.25) is 0 Å². The van der Waals surface area contributed by atoms with Gasteiger partial charge in [-0.2, -0.15) is 0 Å². The van der Waals surface area contributed by atoms with Gasteiger partial charge >= 0.3 is 0 Å². The molecule has 1 nitrogen and oxygen atoms in total. The summed E-state index contributed by atoms with van der Waals surface area (Å²) in [6.07, 6.45) is 5.86. The van der Waals surface area contributed by atoms with Gasteiger partial charge in [0.1, 0.15) is 5.82 Å². The van der Waals surface area contributed by atoms with Crippen LogP contribution in [-0.2, 0) is 6.42 Å². The molecular formula is C14H16ClFO. The Morgan fingerprint density at radius 1 is 1.35 bits per heavy atom. The molecule has 2 rings (SSSR count). The molecule has 1 aliphatic carbocycles. The fraction of sp³-hybridized carbons (Fsp3) is 0.429. The lowest BCUT2D eigenvalue weighted by atomic mass is 10.0. The summed E-state index contributed by atoms with van der Waals surface area (Å²) >= 11 is 5.75. The van der Waals surface area contributed by atoms with Crippen LogP contribution in [0.5, 0.6) is 0 Å². The maximum atomic E-state index is 13.7. The Hall–Kier alpha value is -0.860. The van der Waals surface area contributed by atoms with Crippen molar-refractivity contribution in [3.63, 3.8) is 0 Å². The summed E-state index contributed by atoms with van der Waals surface area (Å²) in [6.45, 7) is 0. The molecule has 1 aromatic rings. The maximum absolute atomic E-state index is 13.7. The molecule has 0 bridgehead atoms. The van der Waals surface area contributed by atoms with Gasteiger partial charge in [0.2, 0.25) is 0 Å². The third-order valence-corrected chi connectivity index (χ3v) is 3.42. The van der Waals surface area contributed by atoms with E-state index in [1.165, 1.54) is 0 Å². The van der Waals surface area contributed by atoms with Crippen LogP contribution in [0.3, 0.4) is 0 Å². The minimum atomic E-state index is -0.380. The Balaban J connectivity index is 2.17. The molecule has 92 valence electrons. The van der Waals surface area contributed by atoms with Crippen LogP contribution in [0, 0.1) is 5.82 Å². The molecule has 3 heteroatoms. The van der Waals surface area contributed by atoms with Crippen LogP contribution in [0.15, 0.2) is 29.8 Å². The highest BCUT2D eigenvalue weighted by atomic mass is 35.5. The van der Waals surface area contributed by atoms with Crippen LogP contribution >= 0.6 is 11.6 Å². The summed E-state index contributed by atoms with van der Waals surface area (Å²) in [7, 11) is 0. The molecule has 0 aliphatic heterocycles. The molecule has 0 fully saturated rings. The first-order chi connectivity index (χ1) is 8.16. The number of aliphatic hydroxyl groups is 1. The Kier molecular flexibility index (Phi) is 4.19. The van der Waals surface area contributed by atoms with Crippen LogP contribution < -0.4 is 0 Å². The predicted octanol–water partition coefficient (Wildman–Crippen LogP) is 3.88. The van der Waals surface area contributed by atoms with Crippen LogP contribution in [0.4, 0.5) is 4.39 Å². The second-order valence-electron chi connectivity index (χ2n) is 4.53. The molecule has 1 atom stereocenters. The standard InChI is InChI=1S/C14H16ClFO/c15-13-7-3-5-11(14(13)16)8-10-4-1-2-6-12(17)9-10/h3,5,7,9,12,17H,1-2,4,6,8H2. The number of aliphatic hydroxyl groups excluding tert-OH is 1. The molecule has 0 spiro atoms. The topological polar surface area (TPSA) is 20.2 Å². The summed E-state index contributed by atoms with van der Waals surface area (Å²) in [5, 5.41) is 9.83. The second kappa shape index (κ2) is 5.65. The van der Waals surface area contributed by atoms with Crippen molar-refractivity contribution in [2.24, 2.45) is 0 Å². The molecule has 17 heavy (non-hydrogen) atoms. The summed E-state index contributed by atoms with van der Waals surface area (Å²) in [5.41, 5.74) is 1.72. The Labute approximate surface area is 106 Å². The van der Waals surface area contributed by atoms with Gasteiger partial charge in [0.25, 0.3) is 0 Å². The maximum Gasteiger partial charge on any atom is 0.145 e. The van der Waals surface area contributed by atoms with E-state index in [4.69, 9.17) is 11.6 Å². The van der Waals surface area contributed by atoms with E-state index in [0.717, 1.165) is 31.3 Å². The van der Waals surface area contributed by atoms with Gasteiger partial charge < -0.3 is 5.11 Å². The van der Waals surface area contributed by atoms with Crippen molar-refractivity contribution in [3.05, 3.63) is 46.3 Å². The third kappa shape index (κ3) is 3.30. The number of halogens is 2. The summed E-state index contributed by atoms with van der Waals surface area (Å²) < 4.78 is 13.7. The highest BCUT2D eigenvalue weighted by Gasteiger charge is 2.12. The molecule has 1 aromatic carbocycles. The van der Waals surface area contributed by atoms with E-state index in [2.05, 4.69) is 0 Å². The lowest BCUT2D eigenvalue weighted by molar-refractivity contribution is 0.211. The highest BCUT2D eigenvalue weighted by molar-refractivity contribution is 6.30. The average Bonchev–Trinajstić information content (AvgIpc) is 2.49.